The van der Waals surface area contributed by atoms with E-state index < -0.39 is 28.3 Å². The first-order valence-corrected chi connectivity index (χ1v) is 9.38. The van der Waals surface area contributed by atoms with Crippen molar-refractivity contribution >= 4 is 29.5 Å². The number of nitrogens with zero attached hydrogens (tertiary/aromatic N) is 3. The maximum Gasteiger partial charge on any atom is 0.338 e. The lowest BCUT2D eigenvalue weighted by Gasteiger charge is -2.44. The third-order valence-corrected chi connectivity index (χ3v) is 7.59. The molecule has 0 amide bonds. The van der Waals surface area contributed by atoms with Crippen LogP contribution in [0.1, 0.15) is 23.2 Å². The SMILES string of the molecule is [N-]=[N+]=NC1C[C@@H](O)CC2(SCCS2)[C@H]1OC(=O)c1ccccc1. The Kier molecular flexibility index (Phi) is 5.06. The number of esters is 1. The molecule has 1 heterocycles. The van der Waals surface area contributed by atoms with E-state index in [-0.39, 0.29) is 0 Å². The molecular formula is C15H17N3O3S2. The minimum absolute atomic E-state index is 0.319. The molecule has 23 heavy (non-hydrogen) atoms. The molecule has 2 fully saturated rings. The molecule has 1 saturated heterocycles. The average Bonchev–Trinajstić information content (AvgIpc) is 3.00. The van der Waals surface area contributed by atoms with E-state index in [0.29, 0.717) is 18.4 Å². The first kappa shape index (κ1) is 16.5. The lowest BCUT2D eigenvalue weighted by atomic mass is 9.89. The van der Waals surface area contributed by atoms with Gasteiger partial charge in [0.25, 0.3) is 0 Å². The van der Waals surface area contributed by atoms with Crippen molar-refractivity contribution in [1.29, 1.82) is 0 Å². The Hall–Kier alpha value is -1.34. The van der Waals surface area contributed by atoms with Crippen LogP contribution >= 0.6 is 23.5 Å². The molecule has 1 aromatic carbocycles. The summed E-state index contributed by atoms with van der Waals surface area (Å²) in [7, 11) is 0. The van der Waals surface area contributed by atoms with Crippen LogP contribution in [0, 0.1) is 0 Å². The second-order valence-electron chi connectivity index (χ2n) is 5.57. The van der Waals surface area contributed by atoms with Gasteiger partial charge in [-0.25, -0.2) is 4.79 Å². The van der Waals surface area contributed by atoms with E-state index in [1.807, 2.05) is 6.07 Å². The Balaban J connectivity index is 1.87. The van der Waals surface area contributed by atoms with Crippen LogP contribution in [0.2, 0.25) is 0 Å². The van der Waals surface area contributed by atoms with Crippen LogP contribution < -0.4 is 0 Å². The van der Waals surface area contributed by atoms with E-state index >= 15 is 0 Å². The number of carbonyl (C=O) groups excluding carboxylic acids is 1. The summed E-state index contributed by atoms with van der Waals surface area (Å²) in [6.45, 7) is 0. The topological polar surface area (TPSA) is 95.3 Å². The van der Waals surface area contributed by atoms with E-state index in [9.17, 15) is 9.90 Å². The average molecular weight is 351 g/mol. The van der Waals surface area contributed by atoms with Crippen molar-refractivity contribution in [2.75, 3.05) is 11.5 Å². The summed E-state index contributed by atoms with van der Waals surface area (Å²) in [6, 6.07) is 8.24. The molecule has 3 atom stereocenters. The number of benzene rings is 1. The molecule has 1 saturated carbocycles. The van der Waals surface area contributed by atoms with Gasteiger partial charge in [0, 0.05) is 22.8 Å². The van der Waals surface area contributed by atoms with Crippen LogP contribution in [0.4, 0.5) is 0 Å². The second kappa shape index (κ2) is 7.05. The van der Waals surface area contributed by atoms with Crippen LogP contribution in [-0.4, -0.2) is 44.9 Å². The molecule has 1 aliphatic heterocycles. The highest BCUT2D eigenvalue weighted by molar-refractivity contribution is 8.21. The highest BCUT2D eigenvalue weighted by atomic mass is 32.2. The van der Waals surface area contributed by atoms with Gasteiger partial charge in [-0.1, -0.05) is 23.3 Å². The Labute approximate surface area is 142 Å². The van der Waals surface area contributed by atoms with Crippen molar-refractivity contribution in [3.8, 4) is 0 Å². The molecule has 0 aromatic heterocycles. The summed E-state index contributed by atoms with van der Waals surface area (Å²) in [5, 5.41) is 13.9. The smallest absolute Gasteiger partial charge is 0.338 e. The summed E-state index contributed by atoms with van der Waals surface area (Å²) in [4.78, 5) is 15.3. The van der Waals surface area contributed by atoms with Crippen molar-refractivity contribution in [2.24, 2.45) is 5.11 Å². The van der Waals surface area contributed by atoms with Gasteiger partial charge < -0.3 is 9.84 Å². The number of rotatable bonds is 3. The molecule has 1 unspecified atom stereocenters. The van der Waals surface area contributed by atoms with E-state index in [2.05, 4.69) is 10.0 Å². The fourth-order valence-electron chi connectivity index (χ4n) is 3.08. The zero-order valence-corrected chi connectivity index (χ0v) is 14.0. The summed E-state index contributed by atoms with van der Waals surface area (Å²) in [6.07, 6.45) is -0.228. The van der Waals surface area contributed by atoms with Gasteiger partial charge in [0.05, 0.1) is 17.7 Å². The second-order valence-corrected chi connectivity index (χ2v) is 8.68. The first-order valence-electron chi connectivity index (χ1n) is 7.41. The van der Waals surface area contributed by atoms with Crippen molar-refractivity contribution < 1.29 is 14.6 Å². The number of hydrogen-bond donors (Lipinski definition) is 1. The van der Waals surface area contributed by atoms with Gasteiger partial charge in [-0.05, 0) is 24.1 Å². The van der Waals surface area contributed by atoms with E-state index in [0.717, 1.165) is 11.5 Å². The normalized spacial score (nSPS) is 29.0. The molecule has 1 aromatic rings. The fourth-order valence-corrected chi connectivity index (χ4v) is 6.63. The standard InChI is InChI=1S/C15H17N3O3S2/c16-18-17-12-8-11(19)9-15(22-6-7-23-15)13(12)21-14(20)10-4-2-1-3-5-10/h1-5,11-13,19H,6-9H2/t11-,12?,13+/m1/s1. The number of ether oxygens (including phenoxy) is 1. The van der Waals surface area contributed by atoms with Crippen LogP contribution in [0.15, 0.2) is 35.4 Å². The largest absolute Gasteiger partial charge is 0.456 e. The van der Waals surface area contributed by atoms with Crippen LogP contribution in [0.3, 0.4) is 0 Å². The Morgan fingerprint density at radius 3 is 2.70 bits per heavy atom. The van der Waals surface area contributed by atoms with Crippen LogP contribution in [0.25, 0.3) is 10.4 Å². The molecule has 1 spiro atoms. The van der Waals surface area contributed by atoms with Gasteiger partial charge in [0.1, 0.15) is 10.2 Å². The third kappa shape index (κ3) is 3.45. The number of azide groups is 1. The minimum atomic E-state index is -0.547. The van der Waals surface area contributed by atoms with Crippen LogP contribution in [-0.2, 0) is 4.74 Å². The van der Waals surface area contributed by atoms with Crippen molar-refractivity contribution in [2.45, 2.75) is 35.2 Å². The molecular weight excluding hydrogens is 334 g/mol. The van der Waals surface area contributed by atoms with Gasteiger partial charge >= 0.3 is 5.97 Å². The maximum atomic E-state index is 12.4. The lowest BCUT2D eigenvalue weighted by Crippen LogP contribution is -2.52. The summed E-state index contributed by atoms with van der Waals surface area (Å²) < 4.78 is 5.34. The number of aliphatic hydroxyl groups is 1. The van der Waals surface area contributed by atoms with Crippen LogP contribution in [0.5, 0.6) is 0 Å². The number of hydrogen-bond acceptors (Lipinski definition) is 6. The van der Waals surface area contributed by atoms with Crippen molar-refractivity contribution in [1.82, 2.24) is 0 Å². The minimum Gasteiger partial charge on any atom is -0.456 e. The number of aliphatic hydroxyl groups excluding tert-OH is 1. The molecule has 1 N–H and O–H groups in total. The third-order valence-electron chi connectivity index (χ3n) is 4.04. The predicted octanol–water partition coefficient (Wildman–Crippen LogP) is 3.22. The van der Waals surface area contributed by atoms with Crippen molar-refractivity contribution in [3.05, 3.63) is 46.3 Å². The van der Waals surface area contributed by atoms with Gasteiger partial charge in [-0.15, -0.1) is 23.5 Å². The molecule has 2 aliphatic rings. The molecule has 3 rings (SSSR count). The highest BCUT2D eigenvalue weighted by Crippen LogP contribution is 2.54. The quantitative estimate of drug-likeness (QED) is 0.390. The van der Waals surface area contributed by atoms with E-state index in [4.69, 9.17) is 10.3 Å². The Morgan fingerprint density at radius 1 is 1.35 bits per heavy atom. The van der Waals surface area contributed by atoms with Gasteiger partial charge in [-0.2, -0.15) is 0 Å². The molecule has 0 radical (unpaired) electrons. The zero-order valence-electron chi connectivity index (χ0n) is 12.4. The van der Waals surface area contributed by atoms with E-state index in [1.165, 1.54) is 0 Å². The molecule has 8 heteroatoms. The molecule has 0 bridgehead atoms. The molecule has 122 valence electrons. The maximum absolute atomic E-state index is 12.4. The zero-order chi connectivity index (χ0) is 16.3. The fraction of sp³-hybridized carbons (Fsp3) is 0.533. The van der Waals surface area contributed by atoms with Gasteiger partial charge in [-0.3, -0.25) is 0 Å². The Bertz CT molecular complexity index is 616. The summed E-state index contributed by atoms with van der Waals surface area (Å²) >= 11 is 3.37. The Morgan fingerprint density at radius 2 is 2.04 bits per heavy atom. The van der Waals surface area contributed by atoms with Crippen molar-refractivity contribution in [3.63, 3.8) is 0 Å². The number of carbonyl (C=O) groups is 1. The number of thioether (sulfide) groups is 2. The predicted molar refractivity (Wildman–Crippen MR) is 91.5 cm³/mol. The van der Waals surface area contributed by atoms with Gasteiger partial charge in [0.15, 0.2) is 0 Å². The highest BCUT2D eigenvalue weighted by Gasteiger charge is 2.53. The van der Waals surface area contributed by atoms with E-state index in [1.54, 1.807) is 47.8 Å². The van der Waals surface area contributed by atoms with Gasteiger partial charge in [0.2, 0.25) is 0 Å². The monoisotopic (exact) mass is 351 g/mol. The lowest BCUT2D eigenvalue weighted by molar-refractivity contribution is -0.00591. The summed E-state index contributed by atoms with van der Waals surface area (Å²) in [5.41, 5.74) is 9.30. The summed E-state index contributed by atoms with van der Waals surface area (Å²) in [5.74, 6) is 1.44. The molecule has 6 nitrogen and oxygen atoms in total. The first-order chi connectivity index (χ1) is 11.1. The molecule has 1 aliphatic carbocycles.